The molecule has 1 amide bonds. The quantitative estimate of drug-likeness (QED) is 0.881. The van der Waals surface area contributed by atoms with E-state index in [-0.39, 0.29) is 17.2 Å². The van der Waals surface area contributed by atoms with E-state index >= 15 is 0 Å². The highest BCUT2D eigenvalue weighted by molar-refractivity contribution is 7.89. The minimum Gasteiger partial charge on any atom is -0.351 e. The molecule has 0 aromatic carbocycles. The fourth-order valence-corrected chi connectivity index (χ4v) is 6.05. The van der Waals surface area contributed by atoms with E-state index in [1.165, 1.54) is 6.92 Å². The Morgan fingerprint density at radius 3 is 2.75 bits per heavy atom. The molecule has 0 radical (unpaired) electrons. The zero-order valence-electron chi connectivity index (χ0n) is 14.1. The predicted molar refractivity (Wildman–Crippen MR) is 91.6 cm³/mol. The number of hydrogen-bond donors (Lipinski definition) is 1. The van der Waals surface area contributed by atoms with E-state index in [1.54, 1.807) is 10.5 Å². The summed E-state index contributed by atoms with van der Waals surface area (Å²) in [5.41, 5.74) is 1.73. The molecular weight excluding hydrogens is 326 g/mol. The van der Waals surface area contributed by atoms with Crippen LogP contribution >= 0.6 is 0 Å². The highest BCUT2D eigenvalue weighted by Crippen LogP contribution is 2.38. The van der Waals surface area contributed by atoms with Crippen LogP contribution in [0.1, 0.15) is 62.7 Å². The zero-order valence-corrected chi connectivity index (χ0v) is 14.9. The van der Waals surface area contributed by atoms with Crippen molar-refractivity contribution in [2.24, 2.45) is 0 Å². The number of hydrogen-bond acceptors (Lipinski definition) is 4. The number of carbonyl (C=O) groups excluding carboxylic acids is 1. The Morgan fingerprint density at radius 2 is 2.04 bits per heavy atom. The second kappa shape index (κ2) is 7.19. The van der Waals surface area contributed by atoms with Crippen LogP contribution < -0.4 is 5.32 Å². The van der Waals surface area contributed by atoms with Crippen LogP contribution in [0.2, 0.25) is 0 Å². The van der Waals surface area contributed by atoms with E-state index in [0.717, 1.165) is 49.8 Å². The number of rotatable bonds is 5. The summed E-state index contributed by atoms with van der Waals surface area (Å²) in [5.74, 6) is -0.103. The third-order valence-electron chi connectivity index (χ3n) is 5.00. The van der Waals surface area contributed by atoms with E-state index in [9.17, 15) is 13.2 Å². The molecule has 1 aromatic heterocycles. The van der Waals surface area contributed by atoms with Gasteiger partial charge in [0.25, 0.3) is 0 Å². The minimum absolute atomic E-state index is 0.102. The van der Waals surface area contributed by atoms with Gasteiger partial charge in [0.05, 0.1) is 17.5 Å². The lowest BCUT2D eigenvalue weighted by atomic mass is 10.1. The van der Waals surface area contributed by atoms with Gasteiger partial charge in [-0.05, 0) is 43.4 Å². The van der Waals surface area contributed by atoms with Gasteiger partial charge in [-0.25, -0.2) is 8.42 Å². The summed E-state index contributed by atoms with van der Waals surface area (Å²) in [6.45, 7) is 2.44. The maximum atomic E-state index is 13.0. The zero-order chi connectivity index (χ0) is 17.2. The number of amides is 1. The monoisotopic (exact) mass is 351 g/mol. The molecule has 7 heteroatoms. The standard InChI is InChI=1S/C17H25N3O3S/c1-13(21)19-12-15-11-14(8-9-18-15)17-7-4-10-20(17)24(22,23)16-5-2-3-6-16/h8-9,11,16-17H,2-7,10,12H2,1H3,(H,19,21)/t17-/m0/s1. The molecule has 6 nitrogen and oxygen atoms in total. The van der Waals surface area contributed by atoms with Crippen LogP contribution in [0.3, 0.4) is 0 Å². The van der Waals surface area contributed by atoms with Gasteiger partial charge >= 0.3 is 0 Å². The van der Waals surface area contributed by atoms with E-state index < -0.39 is 10.0 Å². The Labute approximate surface area is 143 Å². The second-order valence-electron chi connectivity index (χ2n) is 6.71. The van der Waals surface area contributed by atoms with Crippen LogP contribution in [0.5, 0.6) is 0 Å². The molecule has 1 aromatic rings. The summed E-state index contributed by atoms with van der Waals surface area (Å²) >= 11 is 0. The van der Waals surface area contributed by atoms with Crippen molar-refractivity contribution in [2.45, 2.75) is 63.3 Å². The van der Waals surface area contributed by atoms with Gasteiger partial charge in [-0.2, -0.15) is 4.31 Å². The smallest absolute Gasteiger partial charge is 0.217 e. The van der Waals surface area contributed by atoms with E-state index in [2.05, 4.69) is 10.3 Å². The van der Waals surface area contributed by atoms with Gasteiger partial charge in [-0.15, -0.1) is 0 Å². The molecule has 2 fully saturated rings. The van der Waals surface area contributed by atoms with Crippen molar-refractivity contribution in [3.8, 4) is 0 Å². The third kappa shape index (κ3) is 3.62. The first-order chi connectivity index (χ1) is 11.5. The third-order valence-corrected chi connectivity index (χ3v) is 7.40. The summed E-state index contributed by atoms with van der Waals surface area (Å²) in [4.78, 5) is 15.3. The summed E-state index contributed by atoms with van der Waals surface area (Å²) in [6, 6.07) is 3.71. The maximum Gasteiger partial charge on any atom is 0.217 e. The number of pyridine rings is 1. The van der Waals surface area contributed by atoms with Gasteiger partial charge in [-0.1, -0.05) is 12.8 Å². The van der Waals surface area contributed by atoms with Crippen molar-refractivity contribution in [1.82, 2.24) is 14.6 Å². The van der Waals surface area contributed by atoms with Crippen LogP contribution in [0.15, 0.2) is 18.3 Å². The Bertz CT molecular complexity index is 699. The van der Waals surface area contributed by atoms with Gasteiger partial charge in [0.2, 0.25) is 15.9 Å². The summed E-state index contributed by atoms with van der Waals surface area (Å²) < 4.78 is 27.7. The van der Waals surface area contributed by atoms with Crippen molar-refractivity contribution < 1.29 is 13.2 Å². The molecule has 0 unspecified atom stereocenters. The molecule has 1 N–H and O–H groups in total. The van der Waals surface area contributed by atoms with Crippen LogP contribution in [0.25, 0.3) is 0 Å². The average molecular weight is 351 g/mol. The number of carbonyl (C=O) groups is 1. The Hall–Kier alpha value is -1.47. The molecule has 1 saturated carbocycles. The molecule has 0 bridgehead atoms. The van der Waals surface area contributed by atoms with Crippen LogP contribution in [0, 0.1) is 0 Å². The van der Waals surface area contributed by atoms with Crippen LogP contribution in [-0.2, 0) is 21.4 Å². The van der Waals surface area contributed by atoms with Crippen molar-refractivity contribution in [3.05, 3.63) is 29.6 Å². The number of aromatic nitrogens is 1. The topological polar surface area (TPSA) is 79.4 Å². The Morgan fingerprint density at radius 1 is 1.29 bits per heavy atom. The van der Waals surface area contributed by atoms with E-state index in [0.29, 0.717) is 13.1 Å². The van der Waals surface area contributed by atoms with Crippen molar-refractivity contribution in [3.63, 3.8) is 0 Å². The molecule has 1 aliphatic heterocycles. The molecule has 0 spiro atoms. The molecule has 1 aliphatic carbocycles. The number of sulfonamides is 1. The molecule has 1 atom stereocenters. The molecule has 1 saturated heterocycles. The molecule has 2 aliphatic rings. The van der Waals surface area contributed by atoms with Gasteiger partial charge in [0, 0.05) is 25.7 Å². The largest absolute Gasteiger partial charge is 0.351 e. The molecule has 132 valence electrons. The Kier molecular flexibility index (Phi) is 5.20. The number of nitrogens with one attached hydrogen (secondary N) is 1. The van der Waals surface area contributed by atoms with Gasteiger partial charge in [0.15, 0.2) is 0 Å². The van der Waals surface area contributed by atoms with Crippen LogP contribution in [0.4, 0.5) is 0 Å². The van der Waals surface area contributed by atoms with E-state index in [4.69, 9.17) is 0 Å². The average Bonchev–Trinajstić information content (AvgIpc) is 3.24. The Balaban J connectivity index is 1.80. The van der Waals surface area contributed by atoms with E-state index in [1.807, 2.05) is 12.1 Å². The minimum atomic E-state index is -3.23. The highest BCUT2D eigenvalue weighted by atomic mass is 32.2. The highest BCUT2D eigenvalue weighted by Gasteiger charge is 2.40. The predicted octanol–water partition coefficient (Wildman–Crippen LogP) is 2.13. The molecule has 3 rings (SSSR count). The first-order valence-corrected chi connectivity index (χ1v) is 10.2. The first-order valence-electron chi connectivity index (χ1n) is 8.68. The van der Waals surface area contributed by atoms with Crippen molar-refractivity contribution in [1.29, 1.82) is 0 Å². The van der Waals surface area contributed by atoms with Crippen molar-refractivity contribution >= 4 is 15.9 Å². The van der Waals surface area contributed by atoms with Gasteiger partial charge in [0.1, 0.15) is 0 Å². The normalized spacial score (nSPS) is 22.8. The van der Waals surface area contributed by atoms with Crippen LogP contribution in [-0.4, -0.2) is 35.4 Å². The number of nitrogens with zero attached hydrogens (tertiary/aromatic N) is 2. The fraction of sp³-hybridized carbons (Fsp3) is 0.647. The molecule has 24 heavy (non-hydrogen) atoms. The lowest BCUT2D eigenvalue weighted by molar-refractivity contribution is -0.119. The molecular formula is C17H25N3O3S. The van der Waals surface area contributed by atoms with Crippen molar-refractivity contribution in [2.75, 3.05) is 6.54 Å². The SMILES string of the molecule is CC(=O)NCc1cc([C@@H]2CCCN2S(=O)(=O)C2CCCC2)ccn1. The van der Waals surface area contributed by atoms with Gasteiger partial charge < -0.3 is 5.32 Å². The maximum absolute atomic E-state index is 13.0. The summed E-state index contributed by atoms with van der Waals surface area (Å²) in [6.07, 6.45) is 7.03. The summed E-state index contributed by atoms with van der Waals surface area (Å²) in [7, 11) is -3.23. The van der Waals surface area contributed by atoms with Gasteiger partial charge in [-0.3, -0.25) is 9.78 Å². The second-order valence-corrected chi connectivity index (χ2v) is 8.88. The molecule has 2 heterocycles. The first kappa shape index (κ1) is 17.4. The fourth-order valence-electron chi connectivity index (χ4n) is 3.77. The summed E-state index contributed by atoms with van der Waals surface area (Å²) in [5, 5.41) is 2.52. The lowest BCUT2D eigenvalue weighted by Gasteiger charge is -2.27. The lowest BCUT2D eigenvalue weighted by Crippen LogP contribution is -2.37.